The van der Waals surface area contributed by atoms with Gasteiger partial charge < -0.3 is 9.15 Å². The van der Waals surface area contributed by atoms with E-state index in [1.807, 2.05) is 36.4 Å². The van der Waals surface area contributed by atoms with Gasteiger partial charge in [-0.3, -0.25) is 4.79 Å². The first-order chi connectivity index (χ1) is 15.0. The van der Waals surface area contributed by atoms with Crippen LogP contribution in [-0.2, 0) is 4.79 Å². The molecule has 4 aromatic rings. The summed E-state index contributed by atoms with van der Waals surface area (Å²) >= 11 is 0. The maximum Gasteiger partial charge on any atom is 0.228 e. The quantitative estimate of drug-likeness (QED) is 0.480. The number of ketones is 1. The highest BCUT2D eigenvalue weighted by atomic mass is 16.5. The Bertz CT molecular complexity index is 1350. The van der Waals surface area contributed by atoms with Crippen molar-refractivity contribution >= 4 is 11.4 Å². The SMILES string of the molecule is CC1(C)CC(=O)C2=C(C1)Oc1ncn3nc(-c4ccco4)nc3c1C2c1ccccc1. The van der Waals surface area contributed by atoms with Crippen LogP contribution in [0.4, 0.5) is 0 Å². The van der Waals surface area contributed by atoms with Crippen LogP contribution < -0.4 is 4.74 Å². The van der Waals surface area contributed by atoms with E-state index >= 15 is 0 Å². The molecule has 0 fully saturated rings. The fourth-order valence-electron chi connectivity index (χ4n) is 4.63. The second-order valence-electron chi connectivity index (χ2n) is 8.87. The Labute approximate surface area is 178 Å². The van der Waals surface area contributed by atoms with E-state index in [4.69, 9.17) is 14.1 Å². The second kappa shape index (κ2) is 6.38. The number of furan rings is 1. The number of hydrogen-bond acceptors (Lipinski definition) is 6. The van der Waals surface area contributed by atoms with Crippen LogP contribution in [0.3, 0.4) is 0 Å². The minimum atomic E-state index is -0.312. The Morgan fingerprint density at radius 1 is 1.10 bits per heavy atom. The summed E-state index contributed by atoms with van der Waals surface area (Å²) in [5.74, 6) is 2.02. The molecule has 0 spiro atoms. The van der Waals surface area contributed by atoms with E-state index in [-0.39, 0.29) is 17.1 Å². The summed E-state index contributed by atoms with van der Waals surface area (Å²) in [4.78, 5) is 22.6. The van der Waals surface area contributed by atoms with Crippen LogP contribution in [0.5, 0.6) is 5.88 Å². The Balaban J connectivity index is 1.62. The molecular weight excluding hydrogens is 392 g/mol. The van der Waals surface area contributed by atoms with E-state index < -0.39 is 0 Å². The van der Waals surface area contributed by atoms with Gasteiger partial charge >= 0.3 is 0 Å². The van der Waals surface area contributed by atoms with E-state index in [0.29, 0.717) is 47.3 Å². The summed E-state index contributed by atoms with van der Waals surface area (Å²) in [5, 5.41) is 4.53. The lowest BCUT2D eigenvalue weighted by Gasteiger charge is -2.37. The van der Waals surface area contributed by atoms with Crippen molar-refractivity contribution in [2.75, 3.05) is 0 Å². The lowest BCUT2D eigenvalue weighted by Crippen LogP contribution is -2.33. The molecule has 4 heterocycles. The Hall–Kier alpha value is -3.74. The Morgan fingerprint density at radius 2 is 1.94 bits per heavy atom. The van der Waals surface area contributed by atoms with Crippen molar-refractivity contribution in [2.45, 2.75) is 32.6 Å². The molecular formula is C24H20N4O3. The fourth-order valence-corrected chi connectivity index (χ4v) is 4.63. The van der Waals surface area contributed by atoms with Gasteiger partial charge in [0.25, 0.3) is 0 Å². The van der Waals surface area contributed by atoms with Gasteiger partial charge in [-0.15, -0.1) is 5.10 Å². The van der Waals surface area contributed by atoms with Crippen LogP contribution in [0.25, 0.3) is 17.2 Å². The van der Waals surface area contributed by atoms with Crippen molar-refractivity contribution in [1.29, 1.82) is 0 Å². The number of nitrogens with zero attached hydrogens (tertiary/aromatic N) is 4. The molecule has 0 saturated heterocycles. The topological polar surface area (TPSA) is 82.5 Å². The zero-order chi connectivity index (χ0) is 21.2. The molecule has 31 heavy (non-hydrogen) atoms. The van der Waals surface area contributed by atoms with Crippen LogP contribution in [0.2, 0.25) is 0 Å². The monoisotopic (exact) mass is 412 g/mol. The molecule has 1 atom stereocenters. The molecule has 0 amide bonds. The second-order valence-corrected chi connectivity index (χ2v) is 8.87. The lowest BCUT2D eigenvalue weighted by molar-refractivity contribution is -0.118. The number of carbonyl (C=O) groups is 1. The highest BCUT2D eigenvalue weighted by Crippen LogP contribution is 2.50. The predicted molar refractivity (Wildman–Crippen MR) is 112 cm³/mol. The normalized spacial score (nSPS) is 19.8. The first kappa shape index (κ1) is 18.1. The molecule has 1 unspecified atom stereocenters. The van der Waals surface area contributed by atoms with Crippen molar-refractivity contribution < 1.29 is 13.9 Å². The third-order valence-corrected chi connectivity index (χ3v) is 5.94. The van der Waals surface area contributed by atoms with Crippen LogP contribution in [0.15, 0.2) is 70.8 Å². The van der Waals surface area contributed by atoms with E-state index in [0.717, 1.165) is 11.1 Å². The number of Topliss-reactive ketones (excluding diaryl/α,β-unsaturated/α-hetero) is 1. The van der Waals surface area contributed by atoms with Crippen LogP contribution >= 0.6 is 0 Å². The van der Waals surface area contributed by atoms with E-state index in [2.05, 4.69) is 23.9 Å². The maximum atomic E-state index is 13.3. The number of aromatic nitrogens is 4. The van der Waals surface area contributed by atoms with Crippen molar-refractivity contribution in [2.24, 2.45) is 5.41 Å². The number of hydrogen-bond donors (Lipinski definition) is 0. The summed E-state index contributed by atoms with van der Waals surface area (Å²) in [6.07, 6.45) is 4.35. The van der Waals surface area contributed by atoms with E-state index in [9.17, 15) is 4.79 Å². The number of benzene rings is 1. The van der Waals surface area contributed by atoms with E-state index in [1.54, 1.807) is 23.2 Å². The molecule has 6 rings (SSSR count). The summed E-state index contributed by atoms with van der Waals surface area (Å²) in [7, 11) is 0. The number of rotatable bonds is 2. The molecule has 0 N–H and O–H groups in total. The van der Waals surface area contributed by atoms with Crippen molar-refractivity contribution in [3.63, 3.8) is 0 Å². The van der Waals surface area contributed by atoms with Gasteiger partial charge in [0.1, 0.15) is 12.1 Å². The van der Waals surface area contributed by atoms with Gasteiger partial charge in [-0.05, 0) is 23.1 Å². The third-order valence-electron chi connectivity index (χ3n) is 5.94. The van der Waals surface area contributed by atoms with E-state index in [1.165, 1.54) is 0 Å². The standard InChI is InChI=1S/C24H20N4O3/c1-24(2)11-15(29)19-17(12-24)31-23-20(18(19)14-7-4-3-5-8-14)22-26-21(16-9-6-10-30-16)27-28(22)13-25-23/h3-10,13,18H,11-12H2,1-2H3. The highest BCUT2D eigenvalue weighted by Gasteiger charge is 2.43. The van der Waals surface area contributed by atoms with Gasteiger partial charge in [0, 0.05) is 24.3 Å². The Kier molecular flexibility index (Phi) is 3.72. The largest absolute Gasteiger partial charge is 0.461 e. The number of allylic oxidation sites excluding steroid dienone is 2. The highest BCUT2D eigenvalue weighted by molar-refractivity contribution is 6.00. The minimum Gasteiger partial charge on any atom is -0.461 e. The maximum absolute atomic E-state index is 13.3. The number of ether oxygens (including phenoxy) is 1. The zero-order valence-corrected chi connectivity index (χ0v) is 17.2. The van der Waals surface area contributed by atoms with Crippen LogP contribution in [-0.4, -0.2) is 25.4 Å². The average Bonchev–Trinajstić information content (AvgIpc) is 3.41. The van der Waals surface area contributed by atoms with Gasteiger partial charge in [-0.1, -0.05) is 44.2 Å². The molecule has 0 saturated carbocycles. The summed E-state index contributed by atoms with van der Waals surface area (Å²) in [6, 6.07) is 13.6. The third kappa shape index (κ3) is 2.80. The predicted octanol–water partition coefficient (Wildman–Crippen LogP) is 4.55. The molecule has 7 heteroatoms. The van der Waals surface area contributed by atoms with Crippen LogP contribution in [0, 0.1) is 5.41 Å². The molecule has 7 nitrogen and oxygen atoms in total. The summed E-state index contributed by atoms with van der Waals surface area (Å²) in [5.41, 5.74) is 2.92. The zero-order valence-electron chi connectivity index (χ0n) is 17.2. The van der Waals surface area contributed by atoms with Gasteiger partial charge in [0.15, 0.2) is 17.2 Å². The molecule has 1 aromatic carbocycles. The first-order valence-corrected chi connectivity index (χ1v) is 10.3. The summed E-state index contributed by atoms with van der Waals surface area (Å²) < 4.78 is 13.3. The van der Waals surface area contributed by atoms with Crippen molar-refractivity contribution in [3.8, 4) is 17.5 Å². The number of carbonyl (C=O) groups excluding carboxylic acids is 1. The van der Waals surface area contributed by atoms with Gasteiger partial charge in [0.2, 0.25) is 11.7 Å². The van der Waals surface area contributed by atoms with Gasteiger partial charge in [-0.2, -0.15) is 0 Å². The van der Waals surface area contributed by atoms with Gasteiger partial charge in [0.05, 0.1) is 11.8 Å². The molecule has 0 radical (unpaired) electrons. The first-order valence-electron chi connectivity index (χ1n) is 10.3. The van der Waals surface area contributed by atoms with Crippen LogP contribution in [0.1, 0.15) is 43.7 Å². The average molecular weight is 412 g/mol. The minimum absolute atomic E-state index is 0.110. The molecule has 1 aliphatic heterocycles. The van der Waals surface area contributed by atoms with Crippen molar-refractivity contribution in [3.05, 3.63) is 77.5 Å². The summed E-state index contributed by atoms with van der Waals surface area (Å²) in [6.45, 7) is 4.19. The molecule has 154 valence electrons. The van der Waals surface area contributed by atoms with Crippen molar-refractivity contribution in [1.82, 2.24) is 19.6 Å². The Morgan fingerprint density at radius 3 is 2.71 bits per heavy atom. The lowest BCUT2D eigenvalue weighted by atomic mass is 9.70. The number of fused-ring (bicyclic) bond motifs is 3. The molecule has 0 bridgehead atoms. The molecule has 2 aliphatic rings. The fraction of sp³-hybridized carbons (Fsp3) is 0.250. The smallest absolute Gasteiger partial charge is 0.228 e. The van der Waals surface area contributed by atoms with Gasteiger partial charge in [-0.25, -0.2) is 14.5 Å². The molecule has 1 aliphatic carbocycles. The molecule has 3 aromatic heterocycles.